The van der Waals surface area contributed by atoms with E-state index in [0.29, 0.717) is 23.6 Å². The van der Waals surface area contributed by atoms with Crippen molar-refractivity contribution in [1.82, 2.24) is 5.32 Å². The third-order valence-electron chi connectivity index (χ3n) is 2.59. The number of aliphatic hydroxyl groups is 2. The summed E-state index contributed by atoms with van der Waals surface area (Å²) in [5, 5.41) is 23.2. The van der Waals surface area contributed by atoms with Crippen molar-refractivity contribution >= 4 is 11.6 Å². The molecule has 1 aromatic rings. The van der Waals surface area contributed by atoms with Gasteiger partial charge in [0.2, 0.25) is 0 Å². The molecule has 3 nitrogen and oxygen atoms in total. The minimum atomic E-state index is -0.883. The fourth-order valence-electron chi connectivity index (χ4n) is 1.47. The number of benzene rings is 1. The number of aliphatic hydroxyl groups excluding tert-OH is 2. The summed E-state index contributed by atoms with van der Waals surface area (Å²) in [5.74, 6) is 0. The van der Waals surface area contributed by atoms with Crippen LogP contribution in [0.1, 0.15) is 23.7 Å². The standard InChI is InChI=1S/C12H18ClNO2/c1-8-3-4-9(7-10(8)13)12(16)11(15)5-6-14-2/h3-4,7,11-12,14-16H,5-6H2,1-2H3. The maximum absolute atomic E-state index is 9.89. The summed E-state index contributed by atoms with van der Waals surface area (Å²) >= 11 is 5.96. The largest absolute Gasteiger partial charge is 0.390 e. The first kappa shape index (κ1) is 13.5. The molecule has 16 heavy (non-hydrogen) atoms. The Hall–Kier alpha value is -0.610. The molecule has 2 unspecified atom stereocenters. The molecule has 2 atom stereocenters. The van der Waals surface area contributed by atoms with Crippen LogP contribution in [0, 0.1) is 6.92 Å². The molecule has 0 saturated carbocycles. The van der Waals surface area contributed by atoms with Crippen molar-refractivity contribution in [2.24, 2.45) is 0 Å². The van der Waals surface area contributed by atoms with Crippen molar-refractivity contribution in [2.45, 2.75) is 25.6 Å². The van der Waals surface area contributed by atoms with Gasteiger partial charge in [0.05, 0.1) is 6.10 Å². The van der Waals surface area contributed by atoms with Gasteiger partial charge in [0.1, 0.15) is 6.10 Å². The Morgan fingerprint density at radius 1 is 1.38 bits per heavy atom. The predicted octanol–water partition coefficient (Wildman–Crippen LogP) is 1.65. The molecule has 0 aromatic heterocycles. The van der Waals surface area contributed by atoms with Gasteiger partial charge in [-0.15, -0.1) is 0 Å². The number of aryl methyl sites for hydroxylation is 1. The first-order valence-corrected chi connectivity index (χ1v) is 5.71. The van der Waals surface area contributed by atoms with Gasteiger partial charge in [0.15, 0.2) is 0 Å². The van der Waals surface area contributed by atoms with Crippen molar-refractivity contribution in [3.8, 4) is 0 Å². The van der Waals surface area contributed by atoms with E-state index in [1.165, 1.54) is 0 Å². The molecule has 0 radical (unpaired) electrons. The molecule has 1 aromatic carbocycles. The molecule has 1 rings (SSSR count). The van der Waals surface area contributed by atoms with Crippen LogP contribution in [0.2, 0.25) is 5.02 Å². The first-order valence-electron chi connectivity index (χ1n) is 5.33. The van der Waals surface area contributed by atoms with Crippen LogP contribution >= 0.6 is 11.6 Å². The van der Waals surface area contributed by atoms with Crippen LogP contribution in [0.3, 0.4) is 0 Å². The average Bonchev–Trinajstić information content (AvgIpc) is 2.28. The monoisotopic (exact) mass is 243 g/mol. The highest BCUT2D eigenvalue weighted by Gasteiger charge is 2.18. The van der Waals surface area contributed by atoms with Gasteiger partial charge in [0, 0.05) is 5.02 Å². The smallest absolute Gasteiger partial charge is 0.105 e. The SMILES string of the molecule is CNCCC(O)C(O)c1ccc(C)c(Cl)c1. The zero-order chi connectivity index (χ0) is 12.1. The van der Waals surface area contributed by atoms with Crippen LogP contribution in [-0.2, 0) is 0 Å². The van der Waals surface area contributed by atoms with Crippen LogP contribution in [-0.4, -0.2) is 29.9 Å². The molecule has 0 amide bonds. The molecular weight excluding hydrogens is 226 g/mol. The molecule has 0 saturated heterocycles. The van der Waals surface area contributed by atoms with Crippen molar-refractivity contribution in [3.05, 3.63) is 34.3 Å². The number of hydrogen-bond acceptors (Lipinski definition) is 3. The zero-order valence-corrected chi connectivity index (χ0v) is 10.3. The topological polar surface area (TPSA) is 52.5 Å². The van der Waals surface area contributed by atoms with E-state index in [4.69, 9.17) is 11.6 Å². The molecule has 0 spiro atoms. The number of hydrogen-bond donors (Lipinski definition) is 3. The maximum Gasteiger partial charge on any atom is 0.105 e. The summed E-state index contributed by atoms with van der Waals surface area (Å²) in [7, 11) is 1.81. The highest BCUT2D eigenvalue weighted by atomic mass is 35.5. The molecule has 0 aliphatic carbocycles. The van der Waals surface area contributed by atoms with Crippen LogP contribution in [0.4, 0.5) is 0 Å². The van der Waals surface area contributed by atoms with E-state index in [9.17, 15) is 10.2 Å². The highest BCUT2D eigenvalue weighted by Crippen LogP contribution is 2.24. The van der Waals surface area contributed by atoms with E-state index in [0.717, 1.165) is 5.56 Å². The lowest BCUT2D eigenvalue weighted by Crippen LogP contribution is -2.23. The molecule has 0 heterocycles. The summed E-state index contributed by atoms with van der Waals surface area (Å²) in [5.41, 5.74) is 1.61. The quantitative estimate of drug-likeness (QED) is 0.737. The van der Waals surface area contributed by atoms with Crippen molar-refractivity contribution < 1.29 is 10.2 Å². The third kappa shape index (κ3) is 3.46. The number of rotatable bonds is 5. The zero-order valence-electron chi connectivity index (χ0n) is 9.57. The summed E-state index contributed by atoms with van der Waals surface area (Å²) in [6.07, 6.45) is -1.15. The first-order chi connectivity index (χ1) is 7.56. The molecular formula is C12H18ClNO2. The fraction of sp³-hybridized carbons (Fsp3) is 0.500. The van der Waals surface area contributed by atoms with E-state index >= 15 is 0 Å². The molecule has 90 valence electrons. The Kier molecular flexibility index (Phi) is 5.22. The van der Waals surface area contributed by atoms with Crippen molar-refractivity contribution in [1.29, 1.82) is 0 Å². The Labute approximate surface area is 101 Å². The molecule has 0 aliphatic heterocycles. The second-order valence-corrected chi connectivity index (χ2v) is 4.32. The lowest BCUT2D eigenvalue weighted by atomic mass is 10.0. The van der Waals surface area contributed by atoms with Crippen molar-refractivity contribution in [2.75, 3.05) is 13.6 Å². The third-order valence-corrected chi connectivity index (χ3v) is 3.00. The highest BCUT2D eigenvalue weighted by molar-refractivity contribution is 6.31. The lowest BCUT2D eigenvalue weighted by molar-refractivity contribution is 0.0140. The Morgan fingerprint density at radius 3 is 2.62 bits per heavy atom. The van der Waals surface area contributed by atoms with Gasteiger partial charge in [-0.1, -0.05) is 23.7 Å². The van der Waals surface area contributed by atoms with Gasteiger partial charge in [-0.2, -0.15) is 0 Å². The Balaban J connectivity index is 2.71. The second-order valence-electron chi connectivity index (χ2n) is 3.91. The van der Waals surface area contributed by atoms with E-state index < -0.39 is 12.2 Å². The van der Waals surface area contributed by atoms with Gasteiger partial charge in [-0.25, -0.2) is 0 Å². The minimum absolute atomic E-state index is 0.503. The molecule has 0 fully saturated rings. The van der Waals surface area contributed by atoms with E-state index in [1.807, 2.05) is 20.0 Å². The average molecular weight is 244 g/mol. The van der Waals surface area contributed by atoms with Crippen LogP contribution < -0.4 is 5.32 Å². The van der Waals surface area contributed by atoms with Gasteiger partial charge in [-0.05, 0) is 44.1 Å². The molecule has 4 heteroatoms. The normalized spacial score (nSPS) is 14.8. The summed E-state index contributed by atoms with van der Waals surface area (Å²) in [6, 6.07) is 5.32. The van der Waals surface area contributed by atoms with E-state index in [1.54, 1.807) is 12.1 Å². The number of nitrogens with one attached hydrogen (secondary N) is 1. The summed E-state index contributed by atoms with van der Waals surface area (Å²) in [4.78, 5) is 0. The number of halogens is 1. The summed E-state index contributed by atoms with van der Waals surface area (Å²) < 4.78 is 0. The van der Waals surface area contributed by atoms with Gasteiger partial charge in [-0.3, -0.25) is 0 Å². The fourth-order valence-corrected chi connectivity index (χ4v) is 1.65. The minimum Gasteiger partial charge on any atom is -0.390 e. The second kappa shape index (κ2) is 6.21. The molecule has 3 N–H and O–H groups in total. The predicted molar refractivity (Wildman–Crippen MR) is 65.7 cm³/mol. The maximum atomic E-state index is 9.89. The summed E-state index contributed by atoms with van der Waals surface area (Å²) in [6.45, 7) is 2.56. The van der Waals surface area contributed by atoms with Gasteiger partial charge >= 0.3 is 0 Å². The van der Waals surface area contributed by atoms with Crippen LogP contribution in [0.25, 0.3) is 0 Å². The van der Waals surface area contributed by atoms with Gasteiger partial charge < -0.3 is 15.5 Å². The van der Waals surface area contributed by atoms with E-state index in [-0.39, 0.29) is 0 Å². The van der Waals surface area contributed by atoms with Gasteiger partial charge in [0.25, 0.3) is 0 Å². The Morgan fingerprint density at radius 2 is 2.06 bits per heavy atom. The molecule has 0 bridgehead atoms. The molecule has 0 aliphatic rings. The van der Waals surface area contributed by atoms with Crippen LogP contribution in [0.5, 0.6) is 0 Å². The van der Waals surface area contributed by atoms with Crippen LogP contribution in [0.15, 0.2) is 18.2 Å². The van der Waals surface area contributed by atoms with E-state index in [2.05, 4.69) is 5.32 Å². The Bertz CT molecular complexity index is 344. The lowest BCUT2D eigenvalue weighted by Gasteiger charge is -2.18. The van der Waals surface area contributed by atoms with Crippen molar-refractivity contribution in [3.63, 3.8) is 0 Å².